The first-order valence-electron chi connectivity index (χ1n) is 2.21. The van der Waals surface area contributed by atoms with Gasteiger partial charge in [-0.15, -0.1) is 10.2 Å². The Morgan fingerprint density at radius 3 is 1.90 bits per heavy atom. The zero-order valence-electron chi connectivity index (χ0n) is 4.91. The zero-order chi connectivity index (χ0) is 7.82. The van der Waals surface area contributed by atoms with E-state index in [0.717, 1.165) is 0 Å². The van der Waals surface area contributed by atoms with Gasteiger partial charge in [-0.25, -0.2) is 10.1 Å². The number of hydrogen-bond acceptors (Lipinski definition) is 5. The Kier molecular flexibility index (Phi) is 4.39. The summed E-state index contributed by atoms with van der Waals surface area (Å²) in [4.78, 5) is 8.58. The van der Waals surface area contributed by atoms with Crippen molar-refractivity contribution in [2.24, 2.45) is 5.84 Å². The molecule has 0 saturated heterocycles. The average Bonchev–Trinajstić information content (AvgIpc) is 1.90. The molecule has 0 aliphatic heterocycles. The van der Waals surface area contributed by atoms with Crippen molar-refractivity contribution in [2.75, 3.05) is 0 Å². The summed E-state index contributed by atoms with van der Waals surface area (Å²) >= 11 is 0. The van der Waals surface area contributed by atoms with E-state index < -0.39 is 5.03 Å². The summed E-state index contributed by atoms with van der Waals surface area (Å²) in [5, 5.41) is 17.7. The fourth-order valence-electron chi connectivity index (χ4n) is 0.205. The molecule has 0 amide bonds. The van der Waals surface area contributed by atoms with Crippen molar-refractivity contribution in [3.8, 4) is 0 Å². The lowest BCUT2D eigenvalue weighted by Crippen LogP contribution is -2.04. The van der Waals surface area contributed by atoms with Gasteiger partial charge in [-0.05, 0) is 11.3 Å². The fourth-order valence-corrected chi connectivity index (χ4v) is 0.205. The van der Waals surface area contributed by atoms with Crippen molar-refractivity contribution >= 4 is 0 Å². The van der Waals surface area contributed by atoms with Crippen molar-refractivity contribution in [1.29, 1.82) is 0 Å². The minimum absolute atomic E-state index is 1.00. The standard InChI is InChI=1S/C3H3N3.H2N2O2/c1-2-4-6-5-3-1;1-2(3)4/h1-3H;1H2. The van der Waals surface area contributed by atoms with Crippen LogP contribution in [0.5, 0.6) is 0 Å². The average molecular weight is 143 g/mol. The predicted molar refractivity (Wildman–Crippen MR) is 31.0 cm³/mol. The second kappa shape index (κ2) is 5.35. The first kappa shape index (κ1) is 8.21. The molecule has 10 heavy (non-hydrogen) atoms. The van der Waals surface area contributed by atoms with E-state index in [0.29, 0.717) is 0 Å². The van der Waals surface area contributed by atoms with Crippen LogP contribution in [0, 0.1) is 10.1 Å². The summed E-state index contributed by atoms with van der Waals surface area (Å²) in [5.41, 5.74) is 0. The zero-order valence-corrected chi connectivity index (χ0v) is 4.91. The Hall–Kier alpha value is -1.79. The van der Waals surface area contributed by atoms with Gasteiger partial charge in [0.15, 0.2) is 5.03 Å². The van der Waals surface area contributed by atoms with Crippen LogP contribution in [0.2, 0.25) is 0 Å². The number of nitrogens with zero attached hydrogens (tertiary/aromatic N) is 4. The van der Waals surface area contributed by atoms with Crippen LogP contribution in [0.1, 0.15) is 0 Å². The molecule has 0 bridgehead atoms. The number of aromatic nitrogens is 3. The lowest BCUT2D eigenvalue weighted by atomic mass is 10.7. The summed E-state index contributed by atoms with van der Waals surface area (Å²) in [6.07, 6.45) is 3.15. The van der Waals surface area contributed by atoms with E-state index in [4.69, 9.17) is 10.1 Å². The number of rotatable bonds is 0. The van der Waals surface area contributed by atoms with Crippen molar-refractivity contribution in [3.05, 3.63) is 28.6 Å². The Bertz CT molecular complexity index is 147. The number of hydrazine groups is 1. The molecule has 0 atom stereocenters. The van der Waals surface area contributed by atoms with Crippen LogP contribution in [-0.2, 0) is 0 Å². The van der Waals surface area contributed by atoms with Crippen LogP contribution >= 0.6 is 0 Å². The molecule has 1 rings (SSSR count). The van der Waals surface area contributed by atoms with Crippen LogP contribution < -0.4 is 5.84 Å². The molecule has 2 N–H and O–H groups in total. The summed E-state index contributed by atoms with van der Waals surface area (Å²) in [6.45, 7) is 0. The molecule has 54 valence electrons. The Balaban J connectivity index is 0.000000180. The number of nitro groups is 1. The summed E-state index contributed by atoms with van der Waals surface area (Å²) in [5.74, 6) is 3.83. The van der Waals surface area contributed by atoms with E-state index in [1.54, 1.807) is 18.5 Å². The van der Waals surface area contributed by atoms with Gasteiger partial charge in [0.1, 0.15) is 0 Å². The second-order valence-corrected chi connectivity index (χ2v) is 1.10. The largest absolute Gasteiger partial charge is 0.235 e. The molecular weight excluding hydrogens is 138 g/mol. The SMILES string of the molecule is N[N+](=O)[O-].c1cnnnc1. The van der Waals surface area contributed by atoms with Gasteiger partial charge in [-0.1, -0.05) is 0 Å². The van der Waals surface area contributed by atoms with Gasteiger partial charge in [-0.2, -0.15) is 5.84 Å². The van der Waals surface area contributed by atoms with Crippen molar-refractivity contribution in [2.45, 2.75) is 0 Å². The summed E-state index contributed by atoms with van der Waals surface area (Å²) < 4.78 is 0. The van der Waals surface area contributed by atoms with Gasteiger partial charge in [0.2, 0.25) is 0 Å². The third-order valence-corrected chi connectivity index (χ3v) is 0.409. The van der Waals surface area contributed by atoms with Crippen LogP contribution in [0.25, 0.3) is 0 Å². The quantitative estimate of drug-likeness (QED) is 0.283. The molecule has 7 heteroatoms. The third-order valence-electron chi connectivity index (χ3n) is 0.409. The van der Waals surface area contributed by atoms with E-state index in [1.165, 1.54) is 0 Å². The molecule has 0 aromatic carbocycles. The number of nitrogens with two attached hydrogens (primary N) is 1. The van der Waals surface area contributed by atoms with E-state index >= 15 is 0 Å². The Morgan fingerprint density at radius 1 is 1.40 bits per heavy atom. The highest BCUT2D eigenvalue weighted by Gasteiger charge is 1.60. The highest BCUT2D eigenvalue weighted by Crippen LogP contribution is 1.61. The summed E-state index contributed by atoms with van der Waals surface area (Å²) in [7, 11) is 0. The fraction of sp³-hybridized carbons (Fsp3) is 0. The van der Waals surface area contributed by atoms with E-state index in [-0.39, 0.29) is 0 Å². The minimum atomic E-state index is -1.00. The van der Waals surface area contributed by atoms with Crippen molar-refractivity contribution < 1.29 is 5.03 Å². The van der Waals surface area contributed by atoms with Crippen molar-refractivity contribution in [1.82, 2.24) is 15.4 Å². The third kappa shape index (κ3) is 9.51. The minimum Gasteiger partial charge on any atom is -0.235 e. The molecule has 0 aliphatic rings. The number of hydrogen-bond donors (Lipinski definition) is 1. The molecular formula is C3H5N5O2. The monoisotopic (exact) mass is 143 g/mol. The maximum Gasteiger partial charge on any atom is 0.154 e. The molecule has 1 aromatic rings. The molecule has 0 saturated carbocycles. The van der Waals surface area contributed by atoms with Gasteiger partial charge in [-0.3, -0.25) is 0 Å². The van der Waals surface area contributed by atoms with Crippen LogP contribution in [-0.4, -0.2) is 20.4 Å². The molecule has 1 aromatic heterocycles. The second-order valence-electron chi connectivity index (χ2n) is 1.10. The Labute approximate surface area is 56.0 Å². The predicted octanol–water partition coefficient (Wildman–Crippen LogP) is -0.992. The summed E-state index contributed by atoms with van der Waals surface area (Å²) in [6, 6.07) is 1.72. The van der Waals surface area contributed by atoms with E-state index in [2.05, 4.69) is 21.3 Å². The smallest absolute Gasteiger partial charge is 0.154 e. The van der Waals surface area contributed by atoms with Gasteiger partial charge in [0.25, 0.3) is 0 Å². The van der Waals surface area contributed by atoms with Gasteiger partial charge in [0.05, 0.1) is 12.4 Å². The van der Waals surface area contributed by atoms with Crippen LogP contribution in [0.3, 0.4) is 0 Å². The van der Waals surface area contributed by atoms with E-state index in [1.807, 2.05) is 0 Å². The van der Waals surface area contributed by atoms with Gasteiger partial charge in [0, 0.05) is 0 Å². The van der Waals surface area contributed by atoms with Crippen LogP contribution in [0.4, 0.5) is 0 Å². The normalized spacial score (nSPS) is 7.20. The molecule has 7 nitrogen and oxygen atoms in total. The molecule has 0 aliphatic carbocycles. The highest BCUT2D eigenvalue weighted by molar-refractivity contribution is 4.69. The van der Waals surface area contributed by atoms with E-state index in [9.17, 15) is 0 Å². The van der Waals surface area contributed by atoms with Gasteiger partial charge < -0.3 is 0 Å². The molecule has 0 fully saturated rings. The lowest BCUT2D eigenvalue weighted by Gasteiger charge is -1.68. The maximum absolute atomic E-state index is 8.58. The first-order chi connectivity index (χ1) is 4.73. The maximum atomic E-state index is 8.58. The molecule has 0 spiro atoms. The lowest BCUT2D eigenvalue weighted by molar-refractivity contribution is -0.491. The Morgan fingerprint density at radius 2 is 1.80 bits per heavy atom. The topological polar surface area (TPSA) is 108 Å². The van der Waals surface area contributed by atoms with Crippen molar-refractivity contribution in [3.63, 3.8) is 0 Å². The van der Waals surface area contributed by atoms with Crippen LogP contribution in [0.15, 0.2) is 18.5 Å². The molecule has 1 heterocycles. The van der Waals surface area contributed by atoms with Gasteiger partial charge >= 0.3 is 0 Å². The molecule has 0 unspecified atom stereocenters. The molecule has 0 radical (unpaired) electrons. The first-order valence-corrected chi connectivity index (χ1v) is 2.21. The highest BCUT2D eigenvalue weighted by atomic mass is 16.7.